The number of carbonyl (C=O) groups is 3. The van der Waals surface area contributed by atoms with E-state index in [1.54, 1.807) is 7.11 Å². The number of rotatable bonds is 5. The van der Waals surface area contributed by atoms with Gasteiger partial charge in [0.05, 0.1) is 7.11 Å². The zero-order chi connectivity index (χ0) is 24.7. The van der Waals surface area contributed by atoms with E-state index in [0.29, 0.717) is 17.5 Å². The number of amides is 3. The third-order valence-corrected chi connectivity index (χ3v) is 7.61. The maximum atomic E-state index is 15.1. The highest BCUT2D eigenvalue weighted by Gasteiger charge is 2.40. The van der Waals surface area contributed by atoms with Crippen molar-refractivity contribution >= 4 is 17.7 Å². The molecule has 0 aromatic heterocycles. The number of methoxy groups -OCH3 is 1. The number of halogens is 1. The first-order chi connectivity index (χ1) is 16.8. The Hall–Kier alpha value is -3.26. The van der Waals surface area contributed by atoms with Crippen LogP contribution in [0.3, 0.4) is 0 Å². The lowest BCUT2D eigenvalue weighted by molar-refractivity contribution is -0.136. The molecule has 2 aromatic carbocycles. The number of benzene rings is 2. The lowest BCUT2D eigenvalue weighted by Gasteiger charge is -2.33. The van der Waals surface area contributed by atoms with Gasteiger partial charge >= 0.3 is 0 Å². The maximum Gasteiger partial charge on any atom is 0.255 e. The number of piperidine rings is 2. The number of hydrogen-bond acceptors (Lipinski definition) is 5. The normalized spacial score (nSPS) is 21.3. The Kier molecular flexibility index (Phi) is 6.32. The van der Waals surface area contributed by atoms with E-state index in [1.165, 1.54) is 22.1 Å². The number of imide groups is 1. The van der Waals surface area contributed by atoms with Crippen LogP contribution in [0.1, 0.15) is 64.2 Å². The Morgan fingerprint density at radius 1 is 1.09 bits per heavy atom. The van der Waals surface area contributed by atoms with Gasteiger partial charge < -0.3 is 9.64 Å². The third-order valence-electron chi connectivity index (χ3n) is 7.61. The van der Waals surface area contributed by atoms with E-state index in [9.17, 15) is 14.4 Å². The van der Waals surface area contributed by atoms with E-state index in [0.717, 1.165) is 43.8 Å². The van der Waals surface area contributed by atoms with Gasteiger partial charge in [0.2, 0.25) is 11.8 Å². The highest BCUT2D eigenvalue weighted by molar-refractivity contribution is 6.05. The molecule has 0 bridgehead atoms. The van der Waals surface area contributed by atoms with Gasteiger partial charge in [-0.3, -0.25) is 24.6 Å². The van der Waals surface area contributed by atoms with Crippen LogP contribution < -0.4 is 10.1 Å². The summed E-state index contributed by atoms with van der Waals surface area (Å²) >= 11 is 0. The Bertz CT molecular complexity index is 1190. The molecule has 184 valence electrons. The quantitative estimate of drug-likeness (QED) is 0.666. The number of likely N-dealkylation sites (tertiary alicyclic amines) is 1. The summed E-state index contributed by atoms with van der Waals surface area (Å²) in [6.07, 6.45) is 2.18. The molecular weight excluding hydrogens is 449 g/mol. The Balaban J connectivity index is 1.25. The third kappa shape index (κ3) is 4.55. The zero-order valence-corrected chi connectivity index (χ0v) is 20.1. The minimum Gasteiger partial charge on any atom is -0.497 e. The van der Waals surface area contributed by atoms with Gasteiger partial charge in [0.1, 0.15) is 17.6 Å². The largest absolute Gasteiger partial charge is 0.497 e. The van der Waals surface area contributed by atoms with E-state index in [-0.39, 0.29) is 36.5 Å². The Labute approximate surface area is 204 Å². The van der Waals surface area contributed by atoms with Gasteiger partial charge in [-0.05, 0) is 85.6 Å². The van der Waals surface area contributed by atoms with E-state index in [2.05, 4.69) is 23.2 Å². The SMILES string of the molecule is COc1ccc(CN2CCC(c3cc4c(cc3F)C(=O)N(C3CCC(=O)NC3=O)C4)CC2)c(C)c1. The minimum absolute atomic E-state index is 0.0910. The van der Waals surface area contributed by atoms with Crippen LogP contribution in [-0.2, 0) is 22.7 Å². The van der Waals surface area contributed by atoms with Crippen molar-refractivity contribution in [2.75, 3.05) is 20.2 Å². The molecule has 3 aliphatic rings. The van der Waals surface area contributed by atoms with Crippen LogP contribution in [0.25, 0.3) is 0 Å². The first-order valence-corrected chi connectivity index (χ1v) is 12.2. The smallest absolute Gasteiger partial charge is 0.255 e. The minimum atomic E-state index is -0.691. The van der Waals surface area contributed by atoms with Crippen LogP contribution >= 0.6 is 0 Å². The van der Waals surface area contributed by atoms with Crippen molar-refractivity contribution in [2.45, 2.75) is 57.7 Å². The predicted octanol–water partition coefficient (Wildman–Crippen LogP) is 3.28. The molecule has 3 heterocycles. The molecule has 0 saturated carbocycles. The average Bonchev–Trinajstić information content (AvgIpc) is 3.15. The summed E-state index contributed by atoms with van der Waals surface area (Å²) in [5.41, 5.74) is 4.19. The Morgan fingerprint density at radius 3 is 2.54 bits per heavy atom. The lowest BCUT2D eigenvalue weighted by Crippen LogP contribution is -2.52. The second kappa shape index (κ2) is 9.41. The molecule has 3 aliphatic heterocycles. The average molecular weight is 480 g/mol. The summed E-state index contributed by atoms with van der Waals surface area (Å²) < 4.78 is 20.4. The van der Waals surface area contributed by atoms with Crippen molar-refractivity contribution in [2.24, 2.45) is 0 Å². The number of nitrogens with one attached hydrogen (secondary N) is 1. The van der Waals surface area contributed by atoms with Gasteiger partial charge in [0.15, 0.2) is 0 Å². The fraction of sp³-hybridized carbons (Fsp3) is 0.444. The lowest BCUT2D eigenvalue weighted by atomic mass is 9.87. The second-order valence-corrected chi connectivity index (χ2v) is 9.77. The van der Waals surface area contributed by atoms with Crippen molar-refractivity contribution < 1.29 is 23.5 Å². The van der Waals surface area contributed by atoms with Crippen LogP contribution in [0, 0.1) is 12.7 Å². The molecule has 1 unspecified atom stereocenters. The molecule has 8 heteroatoms. The monoisotopic (exact) mass is 479 g/mol. The van der Waals surface area contributed by atoms with Gasteiger partial charge in [0, 0.05) is 25.1 Å². The standard InChI is InChI=1S/C27H30FN3O4/c1-16-11-20(35-2)4-3-18(16)14-30-9-7-17(8-10-30)21-12-19-15-31(27(34)22(19)13-23(21)28)24-5-6-25(32)29-26(24)33/h3-4,11-13,17,24H,5-10,14-15H2,1-2H3,(H,29,32,33). The highest BCUT2D eigenvalue weighted by Crippen LogP contribution is 2.36. The molecule has 35 heavy (non-hydrogen) atoms. The van der Waals surface area contributed by atoms with Crippen molar-refractivity contribution in [3.05, 3.63) is 64.0 Å². The molecule has 2 saturated heterocycles. The molecular formula is C27H30FN3O4. The first-order valence-electron chi connectivity index (χ1n) is 12.2. The molecule has 3 amide bonds. The van der Waals surface area contributed by atoms with E-state index in [1.807, 2.05) is 18.2 Å². The van der Waals surface area contributed by atoms with Gasteiger partial charge in [-0.2, -0.15) is 0 Å². The van der Waals surface area contributed by atoms with E-state index in [4.69, 9.17) is 4.74 Å². The maximum absolute atomic E-state index is 15.1. The Morgan fingerprint density at radius 2 is 1.86 bits per heavy atom. The fourth-order valence-corrected chi connectivity index (χ4v) is 5.54. The fourth-order valence-electron chi connectivity index (χ4n) is 5.54. The van der Waals surface area contributed by atoms with Crippen molar-refractivity contribution in [1.82, 2.24) is 15.1 Å². The molecule has 0 spiro atoms. The van der Waals surface area contributed by atoms with Gasteiger partial charge in [0.25, 0.3) is 5.91 Å². The van der Waals surface area contributed by atoms with Gasteiger partial charge in [-0.25, -0.2) is 4.39 Å². The molecule has 5 rings (SSSR count). The van der Waals surface area contributed by atoms with Crippen LogP contribution in [0.5, 0.6) is 5.75 Å². The number of carbonyl (C=O) groups excluding carboxylic acids is 3. The molecule has 1 atom stereocenters. The highest BCUT2D eigenvalue weighted by atomic mass is 19.1. The number of ether oxygens (including phenoxy) is 1. The summed E-state index contributed by atoms with van der Waals surface area (Å²) in [7, 11) is 1.67. The van der Waals surface area contributed by atoms with E-state index < -0.39 is 11.9 Å². The van der Waals surface area contributed by atoms with Gasteiger partial charge in [-0.1, -0.05) is 12.1 Å². The van der Waals surface area contributed by atoms with E-state index >= 15 is 4.39 Å². The molecule has 0 aliphatic carbocycles. The molecule has 2 aromatic rings. The summed E-state index contributed by atoms with van der Waals surface area (Å²) in [6.45, 7) is 4.94. The van der Waals surface area contributed by atoms with Crippen molar-refractivity contribution in [1.29, 1.82) is 0 Å². The second-order valence-electron chi connectivity index (χ2n) is 9.77. The summed E-state index contributed by atoms with van der Waals surface area (Å²) in [6, 6.07) is 8.60. The molecule has 1 N–H and O–H groups in total. The summed E-state index contributed by atoms with van der Waals surface area (Å²) in [5, 5.41) is 2.30. The number of hydrogen-bond donors (Lipinski definition) is 1. The molecule has 0 radical (unpaired) electrons. The van der Waals surface area contributed by atoms with Crippen LogP contribution in [0.4, 0.5) is 4.39 Å². The molecule has 7 nitrogen and oxygen atoms in total. The topological polar surface area (TPSA) is 79.0 Å². The van der Waals surface area contributed by atoms with Crippen LogP contribution in [0.2, 0.25) is 0 Å². The number of aryl methyl sites for hydroxylation is 1. The number of fused-ring (bicyclic) bond motifs is 1. The first kappa shape index (κ1) is 23.5. The van der Waals surface area contributed by atoms with Crippen molar-refractivity contribution in [3.8, 4) is 5.75 Å². The van der Waals surface area contributed by atoms with Gasteiger partial charge in [-0.15, -0.1) is 0 Å². The predicted molar refractivity (Wildman–Crippen MR) is 127 cm³/mol. The number of nitrogens with zero attached hydrogens (tertiary/aromatic N) is 2. The summed E-state index contributed by atoms with van der Waals surface area (Å²) in [4.78, 5) is 40.5. The van der Waals surface area contributed by atoms with Crippen LogP contribution in [-0.4, -0.2) is 53.8 Å². The zero-order valence-electron chi connectivity index (χ0n) is 20.1. The summed E-state index contributed by atoms with van der Waals surface area (Å²) in [5.74, 6) is -0.531. The van der Waals surface area contributed by atoms with Crippen LogP contribution in [0.15, 0.2) is 30.3 Å². The van der Waals surface area contributed by atoms with Crippen molar-refractivity contribution in [3.63, 3.8) is 0 Å². The molecule has 2 fully saturated rings.